The van der Waals surface area contributed by atoms with E-state index in [0.29, 0.717) is 5.56 Å². The molecule has 0 bridgehead atoms. The van der Waals surface area contributed by atoms with E-state index in [4.69, 9.17) is 10.7 Å². The molecule has 0 amide bonds. The van der Waals surface area contributed by atoms with Crippen molar-refractivity contribution in [2.45, 2.75) is 36.6 Å². The van der Waals surface area contributed by atoms with Gasteiger partial charge in [0, 0.05) is 11.2 Å². The molecule has 0 radical (unpaired) electrons. The summed E-state index contributed by atoms with van der Waals surface area (Å²) < 4.78 is 0. The maximum Gasteiger partial charge on any atom is 0.154 e. The van der Waals surface area contributed by atoms with Crippen molar-refractivity contribution in [2.75, 3.05) is 5.75 Å². The fourth-order valence-corrected chi connectivity index (χ4v) is 7.15. The summed E-state index contributed by atoms with van der Waals surface area (Å²) in [6, 6.07) is 25.9. The minimum atomic E-state index is -0.170. The van der Waals surface area contributed by atoms with Crippen LogP contribution < -0.4 is 5.73 Å². The molecule has 2 atom stereocenters. The zero-order valence-electron chi connectivity index (χ0n) is 17.3. The first-order chi connectivity index (χ1) is 15.1. The number of nitriles is 1. The van der Waals surface area contributed by atoms with Crippen molar-refractivity contribution in [3.63, 3.8) is 0 Å². The Kier molecular flexibility index (Phi) is 4.07. The van der Waals surface area contributed by atoms with Crippen molar-refractivity contribution in [3.05, 3.63) is 94.5 Å². The Bertz CT molecular complexity index is 1290. The monoisotopic (exact) mass is 421 g/mol. The van der Waals surface area contributed by atoms with Crippen LogP contribution in [0.4, 0.5) is 0 Å². The molecule has 3 aliphatic rings. The molecule has 3 nitrogen and oxygen atoms in total. The smallest absolute Gasteiger partial charge is 0.154 e. The predicted octanol–water partition coefficient (Wildman–Crippen LogP) is 5.01. The molecule has 2 aliphatic carbocycles. The second kappa shape index (κ2) is 6.73. The molecule has 3 aromatic carbocycles. The van der Waals surface area contributed by atoms with Gasteiger partial charge in [0.25, 0.3) is 0 Å². The Morgan fingerprint density at radius 2 is 1.74 bits per heavy atom. The topological polar surface area (TPSA) is 62.2 Å². The van der Waals surface area contributed by atoms with E-state index in [9.17, 15) is 5.26 Å². The molecular formula is C27H23N3S. The van der Waals surface area contributed by atoms with Crippen molar-refractivity contribution in [1.29, 1.82) is 5.26 Å². The number of thioether (sulfide) groups is 1. The van der Waals surface area contributed by atoms with Gasteiger partial charge in [-0.1, -0.05) is 66.4 Å². The zero-order valence-corrected chi connectivity index (χ0v) is 18.1. The lowest BCUT2D eigenvalue weighted by atomic mass is 9.66. The highest BCUT2D eigenvalue weighted by Gasteiger charge is 2.60. The minimum absolute atomic E-state index is 0.0503. The van der Waals surface area contributed by atoms with Gasteiger partial charge in [-0.25, -0.2) is 0 Å². The molecule has 0 aromatic heterocycles. The molecule has 152 valence electrons. The summed E-state index contributed by atoms with van der Waals surface area (Å²) in [7, 11) is 0. The van der Waals surface area contributed by atoms with E-state index in [0.717, 1.165) is 42.2 Å². The van der Waals surface area contributed by atoms with E-state index in [1.807, 2.05) is 18.2 Å². The summed E-state index contributed by atoms with van der Waals surface area (Å²) in [5.41, 5.74) is 14.8. The number of rotatable bonds is 1. The number of hydrogen-bond acceptors (Lipinski definition) is 4. The first-order valence-electron chi connectivity index (χ1n) is 10.8. The van der Waals surface area contributed by atoms with Crippen molar-refractivity contribution in [3.8, 4) is 17.2 Å². The number of nitrogens with two attached hydrogens (primary N) is 1. The first kappa shape index (κ1) is 18.7. The van der Waals surface area contributed by atoms with Crippen LogP contribution in [0.15, 0.2) is 71.7 Å². The summed E-state index contributed by atoms with van der Waals surface area (Å²) >= 11 is 1.71. The predicted molar refractivity (Wildman–Crippen MR) is 127 cm³/mol. The van der Waals surface area contributed by atoms with Crippen LogP contribution in [0.3, 0.4) is 0 Å². The number of amidine groups is 1. The lowest BCUT2D eigenvalue weighted by molar-refractivity contribution is 0.254. The van der Waals surface area contributed by atoms with E-state index < -0.39 is 0 Å². The molecule has 0 spiro atoms. The van der Waals surface area contributed by atoms with Gasteiger partial charge in [0.1, 0.15) is 0 Å². The van der Waals surface area contributed by atoms with Gasteiger partial charge in [-0.3, -0.25) is 4.99 Å². The number of benzene rings is 3. The number of nitrogens with zero attached hydrogens (tertiary/aromatic N) is 2. The summed E-state index contributed by atoms with van der Waals surface area (Å²) in [4.78, 5) is 5.19. The summed E-state index contributed by atoms with van der Waals surface area (Å²) in [5, 5.41) is 10.1. The van der Waals surface area contributed by atoms with Gasteiger partial charge in [0.2, 0.25) is 0 Å². The number of hydrogen-bond donors (Lipinski definition) is 1. The Morgan fingerprint density at radius 3 is 2.61 bits per heavy atom. The van der Waals surface area contributed by atoms with Crippen molar-refractivity contribution in [1.82, 2.24) is 0 Å². The molecule has 2 unspecified atom stereocenters. The van der Waals surface area contributed by atoms with Gasteiger partial charge in [-0.05, 0) is 71.2 Å². The van der Waals surface area contributed by atoms with Crippen LogP contribution in [0.1, 0.15) is 34.2 Å². The first-order valence-corrected chi connectivity index (χ1v) is 11.8. The van der Waals surface area contributed by atoms with Crippen LogP contribution in [0.25, 0.3) is 11.1 Å². The van der Waals surface area contributed by atoms with E-state index >= 15 is 0 Å². The number of fused-ring (bicyclic) bond motifs is 2. The molecular weight excluding hydrogens is 398 g/mol. The minimum Gasteiger partial charge on any atom is -0.379 e. The van der Waals surface area contributed by atoms with Gasteiger partial charge in [0.15, 0.2) is 5.17 Å². The summed E-state index contributed by atoms with van der Waals surface area (Å²) in [5.74, 6) is 0.964. The average Bonchev–Trinajstić information content (AvgIpc) is 2.98. The quantitative estimate of drug-likeness (QED) is 0.601. The summed E-state index contributed by atoms with van der Waals surface area (Å²) in [6.07, 6.45) is 4.03. The van der Waals surface area contributed by atoms with Crippen molar-refractivity contribution >= 4 is 16.9 Å². The molecule has 0 saturated carbocycles. The molecule has 0 fully saturated rings. The van der Waals surface area contributed by atoms with Gasteiger partial charge in [-0.2, -0.15) is 5.26 Å². The molecule has 31 heavy (non-hydrogen) atoms. The third kappa shape index (κ3) is 2.70. The molecule has 1 heterocycles. The van der Waals surface area contributed by atoms with Crippen LogP contribution >= 0.6 is 11.8 Å². The fraction of sp³-hybridized carbons (Fsp3) is 0.259. The van der Waals surface area contributed by atoms with Crippen LogP contribution in [0.5, 0.6) is 0 Å². The molecule has 0 saturated heterocycles. The van der Waals surface area contributed by atoms with E-state index in [2.05, 4.69) is 54.6 Å². The van der Waals surface area contributed by atoms with Gasteiger partial charge in [-0.15, -0.1) is 0 Å². The maximum absolute atomic E-state index is 9.34. The standard InChI is InChI=1S/C27H23N3S/c28-16-18-4-3-7-20(12-18)21-8-9-23-15-27-11-10-19-5-1-2-6-22(19)14-26(27,24(23)13-21)17-31-25(29)30-27/h1-9,12-13H,10-11,14-15,17H2,(H2,29,30). The molecule has 6 rings (SSSR count). The number of aliphatic imine (C=N–C) groups is 1. The van der Waals surface area contributed by atoms with Gasteiger partial charge >= 0.3 is 0 Å². The van der Waals surface area contributed by atoms with E-state index in [1.54, 1.807) is 11.8 Å². The highest BCUT2D eigenvalue weighted by atomic mass is 32.2. The molecule has 1 aliphatic heterocycles. The van der Waals surface area contributed by atoms with Crippen LogP contribution in [0.2, 0.25) is 0 Å². The summed E-state index contributed by atoms with van der Waals surface area (Å²) in [6.45, 7) is 0. The van der Waals surface area contributed by atoms with Crippen molar-refractivity contribution < 1.29 is 0 Å². The normalized spacial score (nSPS) is 25.8. The SMILES string of the molecule is N#Cc1cccc(-c2ccc3c(c2)C24CSC(N)=NC2(CCc2ccccc2C4)C3)c1. The lowest BCUT2D eigenvalue weighted by Gasteiger charge is -2.46. The Morgan fingerprint density at radius 1 is 0.903 bits per heavy atom. The maximum atomic E-state index is 9.34. The molecule has 3 aromatic rings. The highest BCUT2D eigenvalue weighted by molar-refractivity contribution is 8.13. The van der Waals surface area contributed by atoms with Crippen LogP contribution in [-0.2, 0) is 24.7 Å². The second-order valence-corrected chi connectivity index (χ2v) is 10.0. The Labute approximate surface area is 187 Å². The lowest BCUT2D eigenvalue weighted by Crippen LogP contribution is -2.54. The van der Waals surface area contributed by atoms with Crippen LogP contribution in [-0.4, -0.2) is 16.5 Å². The third-order valence-electron chi connectivity index (χ3n) is 7.53. The largest absolute Gasteiger partial charge is 0.379 e. The van der Waals surface area contributed by atoms with Crippen LogP contribution in [0, 0.1) is 11.3 Å². The van der Waals surface area contributed by atoms with E-state index in [-0.39, 0.29) is 11.0 Å². The average molecular weight is 422 g/mol. The Hall–Kier alpha value is -3.03. The number of aryl methyl sites for hydroxylation is 1. The fourth-order valence-electron chi connectivity index (χ4n) is 5.99. The molecule has 2 N–H and O–H groups in total. The second-order valence-electron chi connectivity index (χ2n) is 9.04. The third-order valence-corrected chi connectivity index (χ3v) is 8.56. The van der Waals surface area contributed by atoms with Gasteiger partial charge in [0.05, 0.1) is 17.2 Å². The zero-order chi connectivity index (χ0) is 21.1. The van der Waals surface area contributed by atoms with E-state index in [1.165, 1.54) is 27.8 Å². The highest BCUT2D eigenvalue weighted by Crippen LogP contribution is 2.58. The Balaban J connectivity index is 1.56. The molecule has 4 heteroatoms. The van der Waals surface area contributed by atoms with Crippen molar-refractivity contribution in [2.24, 2.45) is 10.7 Å². The van der Waals surface area contributed by atoms with Gasteiger partial charge < -0.3 is 5.73 Å².